The number of hydrogen-bond donors (Lipinski definition) is 4. The molecule has 6 rings (SSSR count). The predicted molar refractivity (Wildman–Crippen MR) is 137 cm³/mol. The highest BCUT2D eigenvalue weighted by Crippen LogP contribution is 2.68. The van der Waals surface area contributed by atoms with Gasteiger partial charge in [-0.25, -0.2) is 13.8 Å². The molecule has 1 heterocycles. The summed E-state index contributed by atoms with van der Waals surface area (Å²) in [6, 6.07) is 2.65. The second kappa shape index (κ2) is 8.99. The van der Waals surface area contributed by atoms with Gasteiger partial charge in [0.15, 0.2) is 11.6 Å². The van der Waals surface area contributed by atoms with Crippen LogP contribution in [0.2, 0.25) is 0 Å². The number of H-pyrrole nitrogens is 1. The first-order valence-electron chi connectivity index (χ1n) is 14.4. The third-order valence-electron chi connectivity index (χ3n) is 12.0. The van der Waals surface area contributed by atoms with E-state index in [-0.39, 0.29) is 40.4 Å². The number of halogens is 2. The van der Waals surface area contributed by atoms with Gasteiger partial charge in [0, 0.05) is 6.42 Å². The molecular weight excluding hydrogens is 474 g/mol. The molecule has 2 aromatic rings. The summed E-state index contributed by atoms with van der Waals surface area (Å²) < 4.78 is 27.7. The molecule has 4 aliphatic rings. The highest BCUT2D eigenvalue weighted by molar-refractivity contribution is 5.75. The fourth-order valence-corrected chi connectivity index (χ4v) is 9.88. The van der Waals surface area contributed by atoms with E-state index in [1.54, 1.807) is 0 Å². The molecule has 1 aromatic carbocycles. The van der Waals surface area contributed by atoms with E-state index in [4.69, 9.17) is 0 Å². The van der Waals surface area contributed by atoms with Crippen LogP contribution < -0.4 is 0 Å². The van der Waals surface area contributed by atoms with Gasteiger partial charge >= 0.3 is 0 Å². The molecule has 0 amide bonds. The van der Waals surface area contributed by atoms with Crippen molar-refractivity contribution < 1.29 is 24.1 Å². The van der Waals surface area contributed by atoms with Crippen molar-refractivity contribution in [1.82, 2.24) is 9.97 Å². The number of nitrogens with zero attached hydrogens (tertiary/aromatic N) is 1. The third kappa shape index (κ3) is 3.81. The first-order valence-corrected chi connectivity index (χ1v) is 14.4. The lowest BCUT2D eigenvalue weighted by atomic mass is 9.43. The standard InChI is InChI=1S/C30H42F2N2O3/c1-15(4-9-25-33-22-8-7-21(31)27(32)28(22)34-25)18-5-6-19-26-20(14-24(37)30(18,19)3)29(2)11-10-17(35)12-16(29)13-23(26)36/h7-8,15-20,23-24,26,35-37H,4-6,9-14H2,1-3H3,(H,33,34)/t15-,16+,17-,18-,19+,20+,23-,24+,26+,29+,30-/m1/s1. The first-order chi connectivity index (χ1) is 17.5. The highest BCUT2D eigenvalue weighted by atomic mass is 19.2. The van der Waals surface area contributed by atoms with Crippen LogP contribution in [-0.2, 0) is 6.42 Å². The van der Waals surface area contributed by atoms with E-state index in [2.05, 4.69) is 30.7 Å². The number of rotatable bonds is 4. The molecule has 0 radical (unpaired) electrons. The summed E-state index contributed by atoms with van der Waals surface area (Å²) in [6.07, 6.45) is 6.57. The number of fused-ring (bicyclic) bond motifs is 6. The van der Waals surface area contributed by atoms with Gasteiger partial charge in [-0.05, 0) is 110 Å². The number of benzene rings is 1. The Morgan fingerprint density at radius 2 is 1.84 bits per heavy atom. The zero-order valence-corrected chi connectivity index (χ0v) is 22.3. The molecule has 4 saturated carbocycles. The van der Waals surface area contributed by atoms with E-state index >= 15 is 0 Å². The number of hydrogen-bond acceptors (Lipinski definition) is 4. The van der Waals surface area contributed by atoms with Crippen molar-refractivity contribution in [1.29, 1.82) is 0 Å². The van der Waals surface area contributed by atoms with Crippen molar-refractivity contribution in [3.8, 4) is 0 Å². The Hall–Kier alpha value is -1.57. The lowest BCUT2D eigenvalue weighted by Gasteiger charge is -2.63. The average Bonchev–Trinajstić information content (AvgIpc) is 3.44. The summed E-state index contributed by atoms with van der Waals surface area (Å²) in [7, 11) is 0. The van der Waals surface area contributed by atoms with Crippen molar-refractivity contribution >= 4 is 11.0 Å². The molecule has 7 heteroatoms. The van der Waals surface area contributed by atoms with Gasteiger partial charge in [0.05, 0.1) is 23.8 Å². The van der Waals surface area contributed by atoms with Crippen LogP contribution in [0.5, 0.6) is 0 Å². The van der Waals surface area contributed by atoms with Crippen LogP contribution in [0.25, 0.3) is 11.0 Å². The van der Waals surface area contributed by atoms with E-state index < -0.39 is 17.7 Å². The van der Waals surface area contributed by atoms with Gasteiger partial charge in [-0.1, -0.05) is 20.8 Å². The molecule has 4 N–H and O–H groups in total. The molecule has 4 fully saturated rings. The van der Waals surface area contributed by atoms with Crippen LogP contribution in [0.15, 0.2) is 12.1 Å². The maximum atomic E-state index is 14.1. The van der Waals surface area contributed by atoms with Crippen LogP contribution in [0.3, 0.4) is 0 Å². The molecular formula is C30H42F2N2O3. The molecule has 0 saturated heterocycles. The number of aliphatic hydroxyl groups excluding tert-OH is 3. The molecule has 37 heavy (non-hydrogen) atoms. The largest absolute Gasteiger partial charge is 0.393 e. The van der Waals surface area contributed by atoms with Gasteiger partial charge in [0.1, 0.15) is 11.3 Å². The topological polar surface area (TPSA) is 89.4 Å². The summed E-state index contributed by atoms with van der Waals surface area (Å²) in [5.41, 5.74) is 0.391. The molecule has 204 valence electrons. The highest BCUT2D eigenvalue weighted by Gasteiger charge is 2.65. The van der Waals surface area contributed by atoms with Gasteiger partial charge in [0.2, 0.25) is 0 Å². The number of imidazole rings is 1. The van der Waals surface area contributed by atoms with Gasteiger partial charge in [-0.2, -0.15) is 0 Å². The van der Waals surface area contributed by atoms with Crippen LogP contribution in [-0.4, -0.2) is 43.6 Å². The van der Waals surface area contributed by atoms with Gasteiger partial charge in [0.25, 0.3) is 0 Å². The quantitative estimate of drug-likeness (QED) is 0.440. The second-order valence-corrected chi connectivity index (χ2v) is 13.5. The first kappa shape index (κ1) is 25.7. The summed E-state index contributed by atoms with van der Waals surface area (Å²) in [5.74, 6) is 0.631. The fraction of sp³-hybridized carbons (Fsp3) is 0.767. The van der Waals surface area contributed by atoms with E-state index in [9.17, 15) is 24.1 Å². The normalized spacial score (nSPS) is 44.3. The van der Waals surface area contributed by atoms with Crippen LogP contribution in [0, 0.1) is 58.0 Å². The minimum absolute atomic E-state index is 0.0533. The third-order valence-corrected chi connectivity index (χ3v) is 12.0. The maximum Gasteiger partial charge on any atom is 0.186 e. The van der Waals surface area contributed by atoms with Crippen molar-refractivity contribution in [2.24, 2.45) is 46.3 Å². The minimum Gasteiger partial charge on any atom is -0.393 e. The molecule has 5 nitrogen and oxygen atoms in total. The number of aliphatic hydroxyl groups is 3. The van der Waals surface area contributed by atoms with Crippen LogP contribution in [0.1, 0.15) is 78.0 Å². The van der Waals surface area contributed by atoms with E-state index in [0.717, 1.165) is 57.4 Å². The predicted octanol–water partition coefficient (Wildman–Crippen LogP) is 5.37. The Kier molecular flexibility index (Phi) is 6.24. The maximum absolute atomic E-state index is 14.1. The SMILES string of the molecule is C[C@H](CCc1nc2c(F)c(F)ccc2[nH]1)[C@H]1CC[C@H]2[C@@H]3[C@H](O)C[C@@H]4C[C@H](O)CC[C@]4(C)[C@H]3C[C@H](O)[C@]12C. The zero-order valence-electron chi connectivity index (χ0n) is 22.3. The summed E-state index contributed by atoms with van der Waals surface area (Å²) >= 11 is 0. The van der Waals surface area contributed by atoms with Crippen molar-refractivity contribution in [2.75, 3.05) is 0 Å². The minimum atomic E-state index is -0.909. The Bertz CT molecular complexity index is 1170. The summed E-state index contributed by atoms with van der Waals surface area (Å²) in [5, 5.41) is 33.5. The average molecular weight is 517 g/mol. The molecule has 0 bridgehead atoms. The van der Waals surface area contributed by atoms with E-state index in [1.165, 1.54) is 6.07 Å². The van der Waals surface area contributed by atoms with E-state index in [1.807, 2.05) is 0 Å². The number of nitrogens with one attached hydrogen (secondary N) is 1. The molecule has 1 aromatic heterocycles. The second-order valence-electron chi connectivity index (χ2n) is 13.5. The van der Waals surface area contributed by atoms with Crippen molar-refractivity contribution in [3.63, 3.8) is 0 Å². The van der Waals surface area contributed by atoms with E-state index in [0.29, 0.717) is 41.4 Å². The monoisotopic (exact) mass is 516 g/mol. The Morgan fingerprint density at radius 1 is 1.05 bits per heavy atom. The van der Waals surface area contributed by atoms with Crippen LogP contribution >= 0.6 is 0 Å². The Balaban J connectivity index is 1.20. The van der Waals surface area contributed by atoms with Gasteiger partial charge in [-0.3, -0.25) is 0 Å². The summed E-state index contributed by atoms with van der Waals surface area (Å²) in [4.78, 5) is 7.47. The Morgan fingerprint density at radius 3 is 2.62 bits per heavy atom. The molecule has 11 atom stereocenters. The zero-order chi connectivity index (χ0) is 26.3. The number of aromatic nitrogens is 2. The van der Waals surface area contributed by atoms with Gasteiger partial charge in [-0.15, -0.1) is 0 Å². The molecule has 0 spiro atoms. The lowest BCUT2D eigenvalue weighted by molar-refractivity contribution is -0.207. The smallest absolute Gasteiger partial charge is 0.186 e. The lowest BCUT2D eigenvalue weighted by Crippen LogP contribution is -2.62. The van der Waals surface area contributed by atoms with Crippen molar-refractivity contribution in [2.45, 2.75) is 96.9 Å². The fourth-order valence-electron chi connectivity index (χ4n) is 9.88. The molecule has 0 aliphatic heterocycles. The number of aryl methyl sites for hydroxylation is 1. The number of aromatic amines is 1. The van der Waals surface area contributed by atoms with Crippen molar-refractivity contribution in [3.05, 3.63) is 29.6 Å². The molecule has 4 aliphatic carbocycles. The Labute approximate surface area is 218 Å². The van der Waals surface area contributed by atoms with Gasteiger partial charge < -0.3 is 20.3 Å². The summed E-state index contributed by atoms with van der Waals surface area (Å²) in [6.45, 7) is 6.87. The van der Waals surface area contributed by atoms with Crippen LogP contribution in [0.4, 0.5) is 8.78 Å². The molecule has 0 unspecified atom stereocenters.